The van der Waals surface area contributed by atoms with Crippen molar-refractivity contribution < 1.29 is 9.53 Å². The van der Waals surface area contributed by atoms with E-state index in [1.165, 1.54) is 0 Å². The lowest BCUT2D eigenvalue weighted by molar-refractivity contribution is 0.0955. The van der Waals surface area contributed by atoms with E-state index in [0.717, 1.165) is 34.3 Å². The Hall–Kier alpha value is -3.57. The van der Waals surface area contributed by atoms with E-state index in [2.05, 4.69) is 15.6 Å². The van der Waals surface area contributed by atoms with Crippen LogP contribution >= 0.6 is 11.6 Å². The first-order valence-corrected chi connectivity index (χ1v) is 10.9. The van der Waals surface area contributed by atoms with Crippen molar-refractivity contribution in [3.8, 4) is 5.75 Å². The highest BCUT2D eigenvalue weighted by Gasteiger charge is 2.13. The highest BCUT2D eigenvalue weighted by molar-refractivity contribution is 6.30. The molecule has 0 unspecified atom stereocenters. The third-order valence-electron chi connectivity index (χ3n) is 5.01. The standard InChI is InChI=1S/C26H24ClN3O2/c1-2-32-21-13-11-20(12-14-21)29-25-17-23(22-5-3-4-6-24(22)30-25)26(31)28-16-15-18-7-9-19(27)10-8-18/h3-14,17H,2,15-16H2,1H3,(H,28,31)(H,29,30). The average Bonchev–Trinajstić information content (AvgIpc) is 2.81. The van der Waals surface area contributed by atoms with Gasteiger partial charge in [0.15, 0.2) is 0 Å². The van der Waals surface area contributed by atoms with Crippen LogP contribution in [0.15, 0.2) is 78.9 Å². The number of ether oxygens (including phenoxy) is 1. The molecule has 6 heteroatoms. The van der Waals surface area contributed by atoms with Crippen LogP contribution in [0, 0.1) is 0 Å². The maximum absolute atomic E-state index is 13.0. The molecule has 1 heterocycles. The van der Waals surface area contributed by atoms with Gasteiger partial charge < -0.3 is 15.4 Å². The molecule has 4 rings (SSSR count). The lowest BCUT2D eigenvalue weighted by Gasteiger charge is -2.12. The van der Waals surface area contributed by atoms with Gasteiger partial charge in [0.05, 0.1) is 17.7 Å². The van der Waals surface area contributed by atoms with Gasteiger partial charge in [-0.1, -0.05) is 41.9 Å². The molecule has 0 saturated heterocycles. The quantitative estimate of drug-likeness (QED) is 0.349. The van der Waals surface area contributed by atoms with Gasteiger partial charge in [-0.15, -0.1) is 0 Å². The largest absolute Gasteiger partial charge is 0.494 e. The van der Waals surface area contributed by atoms with Gasteiger partial charge in [0.25, 0.3) is 5.91 Å². The second kappa shape index (κ2) is 10.2. The molecule has 0 radical (unpaired) electrons. The van der Waals surface area contributed by atoms with Crippen molar-refractivity contribution in [1.82, 2.24) is 10.3 Å². The Morgan fingerprint density at radius 2 is 1.75 bits per heavy atom. The molecule has 1 aromatic heterocycles. The molecule has 5 nitrogen and oxygen atoms in total. The Morgan fingerprint density at radius 1 is 1.00 bits per heavy atom. The molecule has 0 fully saturated rings. The van der Waals surface area contributed by atoms with E-state index in [1.807, 2.05) is 79.7 Å². The summed E-state index contributed by atoms with van der Waals surface area (Å²) in [6, 6.07) is 24.7. The van der Waals surface area contributed by atoms with Crippen LogP contribution in [-0.4, -0.2) is 24.0 Å². The first kappa shape index (κ1) is 21.7. The van der Waals surface area contributed by atoms with Gasteiger partial charge in [-0.3, -0.25) is 4.79 Å². The summed E-state index contributed by atoms with van der Waals surface area (Å²) in [5.74, 6) is 1.29. The molecule has 4 aromatic rings. The van der Waals surface area contributed by atoms with Gasteiger partial charge in [-0.2, -0.15) is 0 Å². The average molecular weight is 446 g/mol. The summed E-state index contributed by atoms with van der Waals surface area (Å²) in [4.78, 5) is 17.7. The molecule has 0 spiro atoms. The van der Waals surface area contributed by atoms with E-state index in [4.69, 9.17) is 16.3 Å². The zero-order valence-electron chi connectivity index (χ0n) is 17.8. The fourth-order valence-corrected chi connectivity index (χ4v) is 3.57. The van der Waals surface area contributed by atoms with E-state index in [-0.39, 0.29) is 5.91 Å². The third-order valence-corrected chi connectivity index (χ3v) is 5.26. The molecular weight excluding hydrogens is 422 g/mol. The van der Waals surface area contributed by atoms with Crippen LogP contribution in [0.2, 0.25) is 5.02 Å². The summed E-state index contributed by atoms with van der Waals surface area (Å²) in [6.07, 6.45) is 0.725. The van der Waals surface area contributed by atoms with Crippen LogP contribution in [0.5, 0.6) is 5.75 Å². The van der Waals surface area contributed by atoms with Gasteiger partial charge in [-0.05, 0) is 67.4 Å². The van der Waals surface area contributed by atoms with Crippen molar-refractivity contribution in [3.63, 3.8) is 0 Å². The molecule has 0 bridgehead atoms. The summed E-state index contributed by atoms with van der Waals surface area (Å²) >= 11 is 5.94. The Bertz CT molecular complexity index is 1210. The summed E-state index contributed by atoms with van der Waals surface area (Å²) in [7, 11) is 0. The number of para-hydroxylation sites is 1. The van der Waals surface area contributed by atoms with Crippen molar-refractivity contribution in [3.05, 3.63) is 95.0 Å². The van der Waals surface area contributed by atoms with Gasteiger partial charge in [-0.25, -0.2) is 4.98 Å². The molecule has 0 atom stereocenters. The Kier molecular flexibility index (Phi) is 6.87. The molecule has 1 amide bonds. The van der Waals surface area contributed by atoms with E-state index in [1.54, 1.807) is 6.07 Å². The predicted molar refractivity (Wildman–Crippen MR) is 130 cm³/mol. The van der Waals surface area contributed by atoms with E-state index >= 15 is 0 Å². The van der Waals surface area contributed by atoms with Crippen molar-refractivity contribution in [1.29, 1.82) is 0 Å². The number of benzene rings is 3. The SMILES string of the molecule is CCOc1ccc(Nc2cc(C(=O)NCCc3ccc(Cl)cc3)c3ccccc3n2)cc1. The number of amides is 1. The molecule has 0 saturated carbocycles. The monoisotopic (exact) mass is 445 g/mol. The molecule has 2 N–H and O–H groups in total. The van der Waals surface area contributed by atoms with Crippen LogP contribution < -0.4 is 15.4 Å². The number of fused-ring (bicyclic) bond motifs is 1. The summed E-state index contributed by atoms with van der Waals surface area (Å²) < 4.78 is 5.49. The summed E-state index contributed by atoms with van der Waals surface area (Å²) in [5, 5.41) is 7.83. The van der Waals surface area contributed by atoms with Crippen LogP contribution in [-0.2, 0) is 6.42 Å². The normalized spacial score (nSPS) is 10.7. The van der Waals surface area contributed by atoms with Gasteiger partial charge in [0.1, 0.15) is 11.6 Å². The van der Waals surface area contributed by atoms with Crippen molar-refractivity contribution >= 4 is 39.9 Å². The highest BCUT2D eigenvalue weighted by Crippen LogP contribution is 2.24. The Labute approximate surface area is 192 Å². The van der Waals surface area contributed by atoms with Crippen LogP contribution in [0.1, 0.15) is 22.8 Å². The molecule has 162 valence electrons. The summed E-state index contributed by atoms with van der Waals surface area (Å²) in [5.41, 5.74) is 3.32. The van der Waals surface area contributed by atoms with E-state index in [0.29, 0.717) is 29.6 Å². The van der Waals surface area contributed by atoms with Crippen LogP contribution in [0.4, 0.5) is 11.5 Å². The second-order valence-corrected chi connectivity index (χ2v) is 7.72. The zero-order chi connectivity index (χ0) is 22.3. The smallest absolute Gasteiger partial charge is 0.252 e. The van der Waals surface area contributed by atoms with Crippen LogP contribution in [0.25, 0.3) is 10.9 Å². The lowest BCUT2D eigenvalue weighted by atomic mass is 10.1. The number of halogens is 1. The number of nitrogens with zero attached hydrogens (tertiary/aromatic N) is 1. The number of pyridine rings is 1. The molecule has 0 aliphatic carbocycles. The fraction of sp³-hybridized carbons (Fsp3) is 0.154. The van der Waals surface area contributed by atoms with Crippen LogP contribution in [0.3, 0.4) is 0 Å². The number of carbonyl (C=O) groups excluding carboxylic acids is 1. The Balaban J connectivity index is 1.52. The fourth-order valence-electron chi connectivity index (χ4n) is 3.44. The number of hydrogen-bond donors (Lipinski definition) is 2. The lowest BCUT2D eigenvalue weighted by Crippen LogP contribution is -2.26. The van der Waals surface area contributed by atoms with E-state index < -0.39 is 0 Å². The topological polar surface area (TPSA) is 63.2 Å². The number of nitrogens with one attached hydrogen (secondary N) is 2. The minimum absolute atomic E-state index is 0.132. The van der Waals surface area contributed by atoms with Crippen molar-refractivity contribution in [2.75, 3.05) is 18.5 Å². The van der Waals surface area contributed by atoms with Gasteiger partial charge >= 0.3 is 0 Å². The Morgan fingerprint density at radius 3 is 2.50 bits per heavy atom. The van der Waals surface area contributed by atoms with Crippen molar-refractivity contribution in [2.24, 2.45) is 0 Å². The zero-order valence-corrected chi connectivity index (χ0v) is 18.5. The molecular formula is C26H24ClN3O2. The number of carbonyl (C=O) groups is 1. The maximum Gasteiger partial charge on any atom is 0.252 e. The number of anilines is 2. The number of rotatable bonds is 8. The molecule has 0 aliphatic rings. The molecule has 3 aromatic carbocycles. The third kappa shape index (κ3) is 5.37. The number of aromatic nitrogens is 1. The minimum atomic E-state index is -0.132. The highest BCUT2D eigenvalue weighted by atomic mass is 35.5. The first-order chi connectivity index (χ1) is 15.6. The van der Waals surface area contributed by atoms with Gasteiger partial charge in [0, 0.05) is 22.6 Å². The van der Waals surface area contributed by atoms with Crippen molar-refractivity contribution in [2.45, 2.75) is 13.3 Å². The minimum Gasteiger partial charge on any atom is -0.494 e. The van der Waals surface area contributed by atoms with Gasteiger partial charge in [0.2, 0.25) is 0 Å². The molecule has 0 aliphatic heterocycles. The number of hydrogen-bond acceptors (Lipinski definition) is 4. The summed E-state index contributed by atoms with van der Waals surface area (Å²) in [6.45, 7) is 3.10. The predicted octanol–water partition coefficient (Wildman–Crippen LogP) is 6.00. The second-order valence-electron chi connectivity index (χ2n) is 7.29. The van der Waals surface area contributed by atoms with E-state index in [9.17, 15) is 4.79 Å². The molecule has 32 heavy (non-hydrogen) atoms. The first-order valence-electron chi connectivity index (χ1n) is 10.5. The maximum atomic E-state index is 13.0.